The highest BCUT2D eigenvalue weighted by Crippen LogP contribution is 2.72. The van der Waals surface area contributed by atoms with Gasteiger partial charge in [0, 0.05) is 41.7 Å². The molecule has 2 fully saturated rings. The van der Waals surface area contributed by atoms with Gasteiger partial charge in [0.15, 0.2) is 0 Å². The van der Waals surface area contributed by atoms with Crippen LogP contribution in [0.2, 0.25) is 0 Å². The van der Waals surface area contributed by atoms with Crippen molar-refractivity contribution in [2.24, 2.45) is 33.5 Å². The van der Waals surface area contributed by atoms with Gasteiger partial charge < -0.3 is 18.6 Å². The number of allylic oxidation sites excluding steroid dienone is 1. The zero-order valence-electron chi connectivity index (χ0n) is 22.8. The minimum Gasteiger partial charge on any atom is -0.472 e. The van der Waals surface area contributed by atoms with E-state index < -0.39 is 23.0 Å². The molecule has 1 aromatic rings. The maximum atomic E-state index is 13.0. The van der Waals surface area contributed by atoms with Crippen LogP contribution in [-0.2, 0) is 28.6 Å². The van der Waals surface area contributed by atoms with E-state index in [1.807, 2.05) is 12.1 Å². The van der Waals surface area contributed by atoms with Gasteiger partial charge in [0.1, 0.15) is 18.3 Å². The number of carbonyl (C=O) groups excluding carboxylic acids is 3. The molecule has 0 aromatic carbocycles. The molecule has 0 spiro atoms. The number of rotatable bonds is 3. The molecule has 7 nitrogen and oxygen atoms in total. The molecule has 8 atom stereocenters. The number of esters is 3. The lowest BCUT2D eigenvalue weighted by Gasteiger charge is -2.68. The lowest BCUT2D eigenvalue weighted by Crippen LogP contribution is -2.65. The summed E-state index contributed by atoms with van der Waals surface area (Å²) >= 11 is 0. The molecule has 3 aliphatic carbocycles. The Kier molecular flexibility index (Phi) is 5.81. The Balaban J connectivity index is 1.66. The van der Waals surface area contributed by atoms with E-state index in [2.05, 4.69) is 40.7 Å². The standard InChI is InChI=1S/C30H38O7/c1-17(31)35-23-9-12-28(5)20-8-11-29(6)22(15-25(33)37-26(29)19-10-13-34-16-19)30(20,7)24(36-18(2)32)14-21(28)27(23,3)4/h9-10,12-13,15-16,20-21,23-24,26H,8,11,14H2,1-7H3/t20-,21-,23-,24+,26+,28-,29-,30-/m1/s1. The molecule has 1 aliphatic heterocycles. The van der Waals surface area contributed by atoms with Gasteiger partial charge >= 0.3 is 17.9 Å². The summed E-state index contributed by atoms with van der Waals surface area (Å²) in [5, 5.41) is 0. The van der Waals surface area contributed by atoms with Crippen molar-refractivity contribution < 1.29 is 33.0 Å². The normalized spacial score (nSPS) is 41.9. The fraction of sp³-hybridized carbons (Fsp3) is 0.633. The quantitative estimate of drug-likeness (QED) is 0.292. The van der Waals surface area contributed by atoms with Crippen molar-refractivity contribution in [3.63, 3.8) is 0 Å². The molecule has 5 rings (SSSR count). The summed E-state index contributed by atoms with van der Waals surface area (Å²) in [6.07, 6.45) is 10.1. The summed E-state index contributed by atoms with van der Waals surface area (Å²) < 4.78 is 23.1. The Bertz CT molecular complexity index is 1180. The summed E-state index contributed by atoms with van der Waals surface area (Å²) in [5.74, 6) is -0.863. The van der Waals surface area contributed by atoms with Crippen molar-refractivity contribution in [2.45, 2.75) is 86.0 Å². The Morgan fingerprint density at radius 2 is 1.73 bits per heavy atom. The largest absolute Gasteiger partial charge is 0.472 e. The van der Waals surface area contributed by atoms with Crippen LogP contribution < -0.4 is 0 Å². The zero-order valence-corrected chi connectivity index (χ0v) is 22.8. The van der Waals surface area contributed by atoms with Gasteiger partial charge in [-0.25, -0.2) is 4.79 Å². The van der Waals surface area contributed by atoms with E-state index in [1.54, 1.807) is 18.6 Å². The minimum atomic E-state index is -0.597. The predicted octanol–water partition coefficient (Wildman–Crippen LogP) is 5.71. The number of carbonyl (C=O) groups is 3. The highest BCUT2D eigenvalue weighted by Gasteiger charge is 2.69. The maximum absolute atomic E-state index is 13.0. The van der Waals surface area contributed by atoms with Gasteiger partial charge in [0.25, 0.3) is 0 Å². The van der Waals surface area contributed by atoms with Gasteiger partial charge in [0.05, 0.1) is 12.5 Å². The van der Waals surface area contributed by atoms with Crippen LogP contribution in [0.1, 0.15) is 79.4 Å². The van der Waals surface area contributed by atoms with Crippen molar-refractivity contribution in [1.82, 2.24) is 0 Å². The summed E-state index contributed by atoms with van der Waals surface area (Å²) in [5.41, 5.74) is 0.0988. The molecule has 37 heavy (non-hydrogen) atoms. The second-order valence-corrected chi connectivity index (χ2v) is 12.7. The Morgan fingerprint density at radius 3 is 2.35 bits per heavy atom. The number of hydrogen-bond acceptors (Lipinski definition) is 7. The molecule has 0 amide bonds. The molecule has 0 saturated heterocycles. The van der Waals surface area contributed by atoms with Crippen LogP contribution in [0.5, 0.6) is 0 Å². The number of fused-ring (bicyclic) bond motifs is 5. The first-order chi connectivity index (χ1) is 17.2. The van der Waals surface area contributed by atoms with Crippen molar-refractivity contribution in [3.8, 4) is 0 Å². The van der Waals surface area contributed by atoms with Gasteiger partial charge in [0.2, 0.25) is 0 Å². The number of cyclic esters (lactones) is 1. The Labute approximate surface area is 218 Å². The first-order valence-corrected chi connectivity index (χ1v) is 13.2. The van der Waals surface area contributed by atoms with Crippen LogP contribution in [-0.4, -0.2) is 30.1 Å². The Morgan fingerprint density at radius 1 is 1.03 bits per heavy atom. The minimum absolute atomic E-state index is 0.0851. The molecule has 0 unspecified atom stereocenters. The van der Waals surface area contributed by atoms with Crippen molar-refractivity contribution >= 4 is 17.9 Å². The number of ether oxygens (including phenoxy) is 3. The van der Waals surface area contributed by atoms with Crippen molar-refractivity contribution in [3.05, 3.63) is 48.0 Å². The van der Waals surface area contributed by atoms with Crippen LogP contribution in [0.25, 0.3) is 0 Å². The molecule has 1 aromatic heterocycles. The first-order valence-electron chi connectivity index (χ1n) is 13.2. The lowest BCUT2D eigenvalue weighted by molar-refractivity contribution is -0.204. The SMILES string of the molecule is CC(=O)O[C@H]1C[C@@H]2C(C)(C)[C@H](OC(C)=O)C=C[C@]2(C)[C@H]2CC[C@]3(C)C(=CC(=O)O[C@H]3c3ccoc3)[C@]12C. The van der Waals surface area contributed by atoms with Crippen LogP contribution in [0.4, 0.5) is 0 Å². The van der Waals surface area contributed by atoms with E-state index in [0.717, 1.165) is 24.0 Å². The van der Waals surface area contributed by atoms with E-state index in [9.17, 15) is 14.4 Å². The predicted molar refractivity (Wildman–Crippen MR) is 135 cm³/mol. The highest BCUT2D eigenvalue weighted by molar-refractivity contribution is 5.85. The molecular formula is C30H38O7. The third-order valence-corrected chi connectivity index (χ3v) is 10.3. The van der Waals surface area contributed by atoms with Gasteiger partial charge in [-0.2, -0.15) is 0 Å². The first kappa shape index (κ1) is 25.8. The molecular weight excluding hydrogens is 472 g/mol. The monoisotopic (exact) mass is 510 g/mol. The fourth-order valence-corrected chi connectivity index (χ4v) is 8.66. The third kappa shape index (κ3) is 3.63. The van der Waals surface area contributed by atoms with E-state index in [-0.39, 0.29) is 46.7 Å². The van der Waals surface area contributed by atoms with Crippen LogP contribution in [0.15, 0.2) is 46.8 Å². The molecule has 200 valence electrons. The fourth-order valence-electron chi connectivity index (χ4n) is 8.66. The molecule has 0 N–H and O–H groups in total. The molecule has 0 radical (unpaired) electrons. The van der Waals surface area contributed by atoms with Gasteiger partial charge in [-0.15, -0.1) is 0 Å². The smallest absolute Gasteiger partial charge is 0.331 e. The van der Waals surface area contributed by atoms with E-state index >= 15 is 0 Å². The topological polar surface area (TPSA) is 92.0 Å². The molecule has 2 saturated carbocycles. The lowest BCUT2D eigenvalue weighted by atomic mass is 9.38. The molecule has 2 heterocycles. The number of hydrogen-bond donors (Lipinski definition) is 0. The van der Waals surface area contributed by atoms with Crippen molar-refractivity contribution in [2.75, 3.05) is 0 Å². The zero-order chi connectivity index (χ0) is 27.0. The second-order valence-electron chi connectivity index (χ2n) is 12.7. The summed E-state index contributed by atoms with van der Waals surface area (Å²) in [4.78, 5) is 37.4. The highest BCUT2D eigenvalue weighted by atomic mass is 16.6. The van der Waals surface area contributed by atoms with E-state index in [1.165, 1.54) is 13.8 Å². The van der Waals surface area contributed by atoms with Gasteiger partial charge in [-0.1, -0.05) is 40.7 Å². The van der Waals surface area contributed by atoms with E-state index in [4.69, 9.17) is 18.6 Å². The number of furan rings is 1. The molecule has 7 heteroatoms. The third-order valence-electron chi connectivity index (χ3n) is 10.3. The van der Waals surface area contributed by atoms with Gasteiger partial charge in [-0.3, -0.25) is 9.59 Å². The van der Waals surface area contributed by atoms with Crippen LogP contribution >= 0.6 is 0 Å². The van der Waals surface area contributed by atoms with E-state index in [0.29, 0.717) is 6.42 Å². The summed E-state index contributed by atoms with van der Waals surface area (Å²) in [6.45, 7) is 13.8. The Hall–Kier alpha value is -2.83. The summed E-state index contributed by atoms with van der Waals surface area (Å²) in [6, 6.07) is 1.85. The maximum Gasteiger partial charge on any atom is 0.331 e. The van der Waals surface area contributed by atoms with Gasteiger partial charge in [-0.05, 0) is 54.2 Å². The average Bonchev–Trinajstić information content (AvgIpc) is 3.32. The molecule has 0 bridgehead atoms. The molecule has 4 aliphatic rings. The second kappa shape index (κ2) is 8.34. The van der Waals surface area contributed by atoms with Crippen LogP contribution in [0, 0.1) is 33.5 Å². The average molecular weight is 511 g/mol. The van der Waals surface area contributed by atoms with Crippen LogP contribution in [0.3, 0.4) is 0 Å². The summed E-state index contributed by atoms with van der Waals surface area (Å²) in [7, 11) is 0. The van der Waals surface area contributed by atoms with Crippen molar-refractivity contribution in [1.29, 1.82) is 0 Å².